The summed E-state index contributed by atoms with van der Waals surface area (Å²) in [5, 5.41) is 0. The van der Waals surface area contributed by atoms with Crippen LogP contribution in [0.15, 0.2) is 54.6 Å². The molecule has 3 nitrogen and oxygen atoms in total. The van der Waals surface area contributed by atoms with E-state index in [-0.39, 0.29) is 5.91 Å². The molecule has 1 aliphatic rings. The van der Waals surface area contributed by atoms with Crippen LogP contribution in [0.2, 0.25) is 0 Å². The summed E-state index contributed by atoms with van der Waals surface area (Å²) in [4.78, 5) is 25.0. The predicted molar refractivity (Wildman–Crippen MR) is 68.8 cm³/mol. The Kier molecular flexibility index (Phi) is 2.45. The Morgan fingerprint density at radius 3 is 2.33 bits per heavy atom. The molecule has 0 spiro atoms. The molecule has 1 aliphatic heterocycles. The van der Waals surface area contributed by atoms with Crippen LogP contribution in [-0.2, 0) is 9.59 Å². The molecule has 0 fully saturated rings. The van der Waals surface area contributed by atoms with E-state index < -0.39 is 5.92 Å². The first-order valence-electron chi connectivity index (χ1n) is 5.76. The molecule has 1 heterocycles. The summed E-state index contributed by atoms with van der Waals surface area (Å²) >= 11 is 0. The molecule has 0 bridgehead atoms. The largest absolute Gasteiger partial charge is 0.302 e. The van der Waals surface area contributed by atoms with Gasteiger partial charge in [-0.1, -0.05) is 36.4 Å². The summed E-state index contributed by atoms with van der Waals surface area (Å²) in [6.07, 6.45) is 0.712. The van der Waals surface area contributed by atoms with Crippen molar-refractivity contribution in [2.24, 2.45) is 0 Å². The molecule has 0 saturated heterocycles. The molecule has 1 amide bonds. The quantitative estimate of drug-likeness (QED) is 0.594. The molecule has 0 unspecified atom stereocenters. The summed E-state index contributed by atoms with van der Waals surface area (Å²) < 4.78 is 0. The van der Waals surface area contributed by atoms with Gasteiger partial charge in [-0.25, -0.2) is 0 Å². The Balaban J connectivity index is 2.17. The van der Waals surface area contributed by atoms with E-state index >= 15 is 0 Å². The molecule has 0 radical (unpaired) electrons. The number of benzene rings is 2. The first-order valence-corrected chi connectivity index (χ1v) is 5.76. The molecule has 88 valence electrons. The molecule has 2 aromatic rings. The number of anilines is 2. The van der Waals surface area contributed by atoms with Crippen molar-refractivity contribution in [3.05, 3.63) is 60.2 Å². The lowest BCUT2D eigenvalue weighted by atomic mass is 10.0. The summed E-state index contributed by atoms with van der Waals surface area (Å²) in [6.45, 7) is 0. The molecule has 0 saturated carbocycles. The first kappa shape index (κ1) is 10.7. The molecule has 0 N–H and O–H groups in total. The second-order valence-electron chi connectivity index (χ2n) is 4.18. The number of hydrogen-bond acceptors (Lipinski definition) is 2. The van der Waals surface area contributed by atoms with E-state index in [0.29, 0.717) is 6.29 Å². The van der Waals surface area contributed by atoms with Crippen molar-refractivity contribution in [3.63, 3.8) is 0 Å². The minimum atomic E-state index is -0.679. The number of fused-ring (bicyclic) bond motifs is 1. The Labute approximate surface area is 105 Å². The van der Waals surface area contributed by atoms with E-state index in [4.69, 9.17) is 0 Å². The van der Waals surface area contributed by atoms with Crippen molar-refractivity contribution >= 4 is 23.6 Å². The van der Waals surface area contributed by atoms with Crippen LogP contribution in [0, 0.1) is 0 Å². The third-order valence-electron chi connectivity index (χ3n) is 3.15. The monoisotopic (exact) mass is 237 g/mol. The molecule has 0 aromatic heterocycles. The zero-order chi connectivity index (χ0) is 12.5. The number of nitrogens with zero attached hydrogens (tertiary/aromatic N) is 1. The number of hydrogen-bond donors (Lipinski definition) is 0. The highest BCUT2D eigenvalue weighted by molar-refractivity contribution is 6.16. The van der Waals surface area contributed by atoms with Crippen molar-refractivity contribution in [3.8, 4) is 0 Å². The van der Waals surface area contributed by atoms with Gasteiger partial charge in [-0.15, -0.1) is 0 Å². The van der Waals surface area contributed by atoms with E-state index in [1.807, 2.05) is 54.6 Å². The maximum Gasteiger partial charge on any atom is 0.246 e. The summed E-state index contributed by atoms with van der Waals surface area (Å²) in [5.41, 5.74) is 2.37. The predicted octanol–water partition coefficient (Wildman–Crippen LogP) is 2.65. The average molecular weight is 237 g/mol. The minimum absolute atomic E-state index is 0.183. The maximum atomic E-state index is 12.3. The van der Waals surface area contributed by atoms with Gasteiger partial charge in [0.05, 0.1) is 5.69 Å². The molecule has 3 rings (SSSR count). The summed E-state index contributed by atoms with van der Waals surface area (Å²) in [5.74, 6) is -0.862. The van der Waals surface area contributed by atoms with Crippen molar-refractivity contribution < 1.29 is 9.59 Å². The SMILES string of the molecule is O=C[C@H]1C(=O)N(c2ccccc2)c2ccccc21. The van der Waals surface area contributed by atoms with Gasteiger partial charge in [0.25, 0.3) is 0 Å². The summed E-state index contributed by atoms with van der Waals surface area (Å²) in [7, 11) is 0. The fraction of sp³-hybridized carbons (Fsp3) is 0.0667. The van der Waals surface area contributed by atoms with Crippen molar-refractivity contribution in [1.29, 1.82) is 0 Å². The lowest BCUT2D eigenvalue weighted by Gasteiger charge is -2.17. The van der Waals surface area contributed by atoms with Gasteiger partial charge in [0.2, 0.25) is 5.91 Å². The van der Waals surface area contributed by atoms with Gasteiger partial charge in [-0.05, 0) is 23.8 Å². The number of carbonyl (C=O) groups excluding carboxylic acids is 2. The van der Waals surface area contributed by atoms with Gasteiger partial charge >= 0.3 is 0 Å². The Hall–Kier alpha value is -2.42. The average Bonchev–Trinajstić information content (AvgIpc) is 2.71. The zero-order valence-corrected chi connectivity index (χ0v) is 9.61. The standard InChI is InChI=1S/C15H11NO2/c17-10-13-12-8-4-5-9-14(12)16(15(13)18)11-6-2-1-3-7-11/h1-10,13H/t13-/m1/s1. The number of amides is 1. The molecule has 0 aliphatic carbocycles. The highest BCUT2D eigenvalue weighted by atomic mass is 16.2. The van der Waals surface area contributed by atoms with Gasteiger partial charge < -0.3 is 4.79 Å². The highest BCUT2D eigenvalue weighted by Gasteiger charge is 2.37. The number of aldehydes is 1. The van der Waals surface area contributed by atoms with Crippen LogP contribution in [0.25, 0.3) is 0 Å². The Morgan fingerprint density at radius 1 is 0.944 bits per heavy atom. The molecular formula is C15H11NO2. The van der Waals surface area contributed by atoms with Crippen molar-refractivity contribution in [2.45, 2.75) is 5.92 Å². The van der Waals surface area contributed by atoms with Gasteiger partial charge in [0, 0.05) is 5.69 Å². The molecule has 2 aromatic carbocycles. The van der Waals surface area contributed by atoms with Gasteiger partial charge in [0.1, 0.15) is 12.2 Å². The topological polar surface area (TPSA) is 37.4 Å². The number of para-hydroxylation sites is 2. The van der Waals surface area contributed by atoms with Crippen LogP contribution in [-0.4, -0.2) is 12.2 Å². The minimum Gasteiger partial charge on any atom is -0.302 e. The van der Waals surface area contributed by atoms with E-state index in [9.17, 15) is 9.59 Å². The Morgan fingerprint density at radius 2 is 1.61 bits per heavy atom. The van der Waals surface area contributed by atoms with E-state index in [2.05, 4.69) is 0 Å². The van der Waals surface area contributed by atoms with Gasteiger partial charge in [-0.2, -0.15) is 0 Å². The van der Waals surface area contributed by atoms with Crippen LogP contribution in [0.1, 0.15) is 11.5 Å². The third kappa shape index (κ3) is 1.44. The van der Waals surface area contributed by atoms with Crippen LogP contribution >= 0.6 is 0 Å². The normalized spacial score (nSPS) is 17.7. The smallest absolute Gasteiger partial charge is 0.246 e. The van der Waals surface area contributed by atoms with E-state index in [1.165, 1.54) is 0 Å². The van der Waals surface area contributed by atoms with Crippen LogP contribution in [0.5, 0.6) is 0 Å². The van der Waals surface area contributed by atoms with Gasteiger partial charge in [-0.3, -0.25) is 9.69 Å². The number of rotatable bonds is 2. The summed E-state index contributed by atoms with van der Waals surface area (Å²) in [6, 6.07) is 16.8. The highest BCUT2D eigenvalue weighted by Crippen LogP contribution is 2.40. The van der Waals surface area contributed by atoms with Crippen LogP contribution in [0.3, 0.4) is 0 Å². The lowest BCUT2D eigenvalue weighted by Crippen LogP contribution is -2.24. The number of carbonyl (C=O) groups is 2. The molecule has 18 heavy (non-hydrogen) atoms. The fourth-order valence-electron chi connectivity index (χ4n) is 2.32. The van der Waals surface area contributed by atoms with E-state index in [1.54, 1.807) is 4.90 Å². The van der Waals surface area contributed by atoms with E-state index in [0.717, 1.165) is 16.9 Å². The lowest BCUT2D eigenvalue weighted by molar-refractivity contribution is -0.122. The first-order chi connectivity index (χ1) is 8.83. The van der Waals surface area contributed by atoms with Crippen LogP contribution < -0.4 is 4.90 Å². The molecule has 3 heteroatoms. The van der Waals surface area contributed by atoms with Crippen LogP contribution in [0.4, 0.5) is 11.4 Å². The van der Waals surface area contributed by atoms with Gasteiger partial charge in [0.15, 0.2) is 0 Å². The zero-order valence-electron chi connectivity index (χ0n) is 9.61. The molecule has 1 atom stereocenters. The molecular weight excluding hydrogens is 226 g/mol. The Bertz CT molecular complexity index is 607. The second kappa shape index (κ2) is 4.11. The fourth-order valence-corrected chi connectivity index (χ4v) is 2.32. The maximum absolute atomic E-state index is 12.3. The van der Waals surface area contributed by atoms with Crippen molar-refractivity contribution in [2.75, 3.05) is 4.90 Å². The third-order valence-corrected chi connectivity index (χ3v) is 3.15. The van der Waals surface area contributed by atoms with Crippen molar-refractivity contribution in [1.82, 2.24) is 0 Å². The second-order valence-corrected chi connectivity index (χ2v) is 4.18.